The van der Waals surface area contributed by atoms with Gasteiger partial charge in [-0.2, -0.15) is 0 Å². The van der Waals surface area contributed by atoms with E-state index < -0.39 is 0 Å². The molecule has 0 fully saturated rings. The lowest BCUT2D eigenvalue weighted by Crippen LogP contribution is -2.34. The molecule has 2 aromatic rings. The summed E-state index contributed by atoms with van der Waals surface area (Å²) in [5.41, 5.74) is 5.72. The molecule has 0 spiro atoms. The van der Waals surface area contributed by atoms with Crippen molar-refractivity contribution in [2.24, 2.45) is 0 Å². The summed E-state index contributed by atoms with van der Waals surface area (Å²) in [5, 5.41) is 12.5. The molecule has 0 amide bonds. The molecule has 4 heteroatoms. The van der Waals surface area contributed by atoms with Gasteiger partial charge < -0.3 is 9.84 Å². The van der Waals surface area contributed by atoms with Crippen LogP contribution >= 0.6 is 11.3 Å². The number of methoxy groups -OCH3 is 1. The summed E-state index contributed by atoms with van der Waals surface area (Å²) in [6.45, 7) is 4.39. The molecule has 23 heavy (non-hydrogen) atoms. The highest BCUT2D eigenvalue weighted by Crippen LogP contribution is 2.43. The standard InChI is InChI=1S/C19H23NO2S/c1-3-12-11-23-19-5-4-16-14-9-17(21)18(22-2)8-13(14)6-7-20(16)10-15(12)19/h8-9,11,16,21H,3-7,10H2,1-2H3/t16-/m0/s1. The third-order valence-electron chi connectivity index (χ3n) is 5.36. The van der Waals surface area contributed by atoms with Crippen LogP contribution in [0.1, 0.15) is 46.5 Å². The Bertz CT molecular complexity index is 737. The highest BCUT2D eigenvalue weighted by molar-refractivity contribution is 7.10. The highest BCUT2D eigenvalue weighted by Gasteiger charge is 2.32. The molecule has 0 unspecified atom stereocenters. The van der Waals surface area contributed by atoms with Crippen LogP contribution in [0.3, 0.4) is 0 Å². The van der Waals surface area contributed by atoms with Gasteiger partial charge >= 0.3 is 0 Å². The maximum absolute atomic E-state index is 10.2. The summed E-state index contributed by atoms with van der Waals surface area (Å²) >= 11 is 1.93. The lowest BCUT2D eigenvalue weighted by molar-refractivity contribution is 0.173. The van der Waals surface area contributed by atoms with Gasteiger partial charge in [0.25, 0.3) is 0 Å². The van der Waals surface area contributed by atoms with Gasteiger partial charge in [-0.1, -0.05) is 6.92 Å². The van der Waals surface area contributed by atoms with E-state index in [0.717, 1.165) is 38.8 Å². The number of aryl methyl sites for hydroxylation is 2. The Morgan fingerprint density at radius 3 is 3.00 bits per heavy atom. The van der Waals surface area contributed by atoms with Gasteiger partial charge in [-0.3, -0.25) is 4.90 Å². The van der Waals surface area contributed by atoms with Gasteiger partial charge in [-0.15, -0.1) is 11.3 Å². The van der Waals surface area contributed by atoms with Gasteiger partial charge in [-0.25, -0.2) is 0 Å². The average Bonchev–Trinajstić information content (AvgIpc) is 2.85. The molecule has 2 aliphatic heterocycles. The van der Waals surface area contributed by atoms with Gasteiger partial charge in [0.15, 0.2) is 11.5 Å². The SMILES string of the molecule is CCc1csc2c1CN1CCc3cc(OC)c(O)cc3[C@@H]1CC2. The first-order valence-electron chi connectivity index (χ1n) is 8.43. The molecule has 0 bridgehead atoms. The van der Waals surface area contributed by atoms with E-state index in [2.05, 4.69) is 17.2 Å². The van der Waals surface area contributed by atoms with Crippen molar-refractivity contribution in [1.82, 2.24) is 4.90 Å². The minimum absolute atomic E-state index is 0.265. The van der Waals surface area contributed by atoms with Crippen LogP contribution < -0.4 is 4.74 Å². The van der Waals surface area contributed by atoms with Crippen LogP contribution in [0.4, 0.5) is 0 Å². The van der Waals surface area contributed by atoms with Crippen LogP contribution in [0.25, 0.3) is 0 Å². The number of hydrogen-bond donors (Lipinski definition) is 1. The smallest absolute Gasteiger partial charge is 0.160 e. The van der Waals surface area contributed by atoms with E-state index in [0.29, 0.717) is 11.8 Å². The number of ether oxygens (including phenoxy) is 1. The number of fused-ring (bicyclic) bond motifs is 4. The number of aromatic hydroxyl groups is 1. The first kappa shape index (κ1) is 15.0. The molecule has 2 aliphatic rings. The summed E-state index contributed by atoms with van der Waals surface area (Å²) in [6.07, 6.45) is 4.44. The van der Waals surface area contributed by atoms with Gasteiger partial charge in [0.05, 0.1) is 7.11 Å². The number of benzene rings is 1. The van der Waals surface area contributed by atoms with E-state index >= 15 is 0 Å². The predicted molar refractivity (Wildman–Crippen MR) is 93.5 cm³/mol. The minimum atomic E-state index is 0.265. The predicted octanol–water partition coefficient (Wildman–Crippen LogP) is 4.07. The number of thiophene rings is 1. The molecule has 1 atom stereocenters. The monoisotopic (exact) mass is 329 g/mol. The molecule has 3 heterocycles. The zero-order valence-corrected chi connectivity index (χ0v) is 14.6. The first-order chi connectivity index (χ1) is 11.2. The zero-order chi connectivity index (χ0) is 16.0. The van der Waals surface area contributed by atoms with Gasteiger partial charge in [0, 0.05) is 24.0 Å². The van der Waals surface area contributed by atoms with E-state index in [-0.39, 0.29) is 5.75 Å². The largest absolute Gasteiger partial charge is 0.504 e. The second kappa shape index (κ2) is 5.84. The van der Waals surface area contributed by atoms with Crippen molar-refractivity contribution < 1.29 is 9.84 Å². The number of rotatable bonds is 2. The topological polar surface area (TPSA) is 32.7 Å². The van der Waals surface area contributed by atoms with Gasteiger partial charge in [0.2, 0.25) is 0 Å². The molecular formula is C19H23NO2S. The molecular weight excluding hydrogens is 306 g/mol. The van der Waals surface area contributed by atoms with Crippen LogP contribution in [0.5, 0.6) is 11.5 Å². The molecule has 1 aromatic heterocycles. The molecule has 0 saturated heterocycles. The summed E-state index contributed by atoms with van der Waals surface area (Å²) in [4.78, 5) is 4.17. The van der Waals surface area contributed by atoms with Crippen LogP contribution in [-0.4, -0.2) is 23.7 Å². The molecule has 3 nitrogen and oxygen atoms in total. The van der Waals surface area contributed by atoms with Crippen LogP contribution in [0, 0.1) is 0 Å². The Balaban J connectivity index is 1.71. The van der Waals surface area contributed by atoms with Crippen LogP contribution in [-0.2, 0) is 25.8 Å². The molecule has 1 N–H and O–H groups in total. The molecule has 122 valence electrons. The summed E-state index contributed by atoms with van der Waals surface area (Å²) in [5.74, 6) is 0.861. The van der Waals surface area contributed by atoms with Gasteiger partial charge in [0.1, 0.15) is 0 Å². The van der Waals surface area contributed by atoms with E-state index in [1.165, 1.54) is 16.7 Å². The van der Waals surface area contributed by atoms with Crippen molar-refractivity contribution in [2.45, 2.75) is 45.2 Å². The summed E-state index contributed by atoms with van der Waals surface area (Å²) in [6, 6.07) is 4.38. The quantitative estimate of drug-likeness (QED) is 0.901. The second-order valence-corrected chi connectivity index (χ2v) is 7.48. The zero-order valence-electron chi connectivity index (χ0n) is 13.8. The number of nitrogens with zero attached hydrogens (tertiary/aromatic N) is 1. The van der Waals surface area contributed by atoms with Crippen molar-refractivity contribution >= 4 is 11.3 Å². The van der Waals surface area contributed by atoms with E-state index in [4.69, 9.17) is 4.74 Å². The third-order valence-corrected chi connectivity index (χ3v) is 6.50. The molecule has 0 saturated carbocycles. The van der Waals surface area contributed by atoms with Crippen molar-refractivity contribution in [2.75, 3.05) is 13.7 Å². The Hall–Kier alpha value is -1.52. The Morgan fingerprint density at radius 2 is 2.22 bits per heavy atom. The molecule has 4 rings (SSSR count). The molecule has 1 aromatic carbocycles. The second-order valence-electron chi connectivity index (χ2n) is 6.51. The number of phenolic OH excluding ortho intramolecular Hbond substituents is 1. The van der Waals surface area contributed by atoms with Crippen LogP contribution in [0.15, 0.2) is 17.5 Å². The lowest BCUT2D eigenvalue weighted by Gasteiger charge is -2.36. The van der Waals surface area contributed by atoms with E-state index in [1.807, 2.05) is 23.5 Å². The minimum Gasteiger partial charge on any atom is -0.504 e. The number of hydrogen-bond acceptors (Lipinski definition) is 4. The van der Waals surface area contributed by atoms with E-state index in [9.17, 15) is 5.11 Å². The first-order valence-corrected chi connectivity index (χ1v) is 9.31. The van der Waals surface area contributed by atoms with Crippen molar-refractivity contribution in [3.63, 3.8) is 0 Å². The fourth-order valence-corrected chi connectivity index (χ4v) is 5.26. The molecule has 0 aliphatic carbocycles. The Kier molecular flexibility index (Phi) is 3.82. The lowest BCUT2D eigenvalue weighted by atomic mass is 9.90. The van der Waals surface area contributed by atoms with Gasteiger partial charge in [-0.05, 0) is 65.4 Å². The fourth-order valence-electron chi connectivity index (χ4n) is 4.09. The third kappa shape index (κ3) is 2.45. The fraction of sp³-hybridized carbons (Fsp3) is 0.474. The number of phenols is 1. The van der Waals surface area contributed by atoms with Crippen molar-refractivity contribution in [1.29, 1.82) is 0 Å². The maximum Gasteiger partial charge on any atom is 0.160 e. The maximum atomic E-state index is 10.2. The summed E-state index contributed by atoms with van der Waals surface area (Å²) < 4.78 is 5.28. The normalized spacial score (nSPS) is 20.3. The average molecular weight is 329 g/mol. The highest BCUT2D eigenvalue weighted by atomic mass is 32.1. The van der Waals surface area contributed by atoms with Crippen molar-refractivity contribution in [3.8, 4) is 11.5 Å². The Morgan fingerprint density at radius 1 is 1.35 bits per heavy atom. The van der Waals surface area contributed by atoms with E-state index in [1.54, 1.807) is 17.6 Å². The van der Waals surface area contributed by atoms with Crippen molar-refractivity contribution in [3.05, 3.63) is 44.6 Å². The Labute approximate surface area is 141 Å². The van der Waals surface area contributed by atoms with Crippen LogP contribution in [0.2, 0.25) is 0 Å². The molecule has 0 radical (unpaired) electrons. The summed E-state index contributed by atoms with van der Waals surface area (Å²) in [7, 11) is 1.62.